The molecular weight excluding hydrogens is 454 g/mol. The Hall–Kier alpha value is -0.700. The molecule has 4 rings (SSSR count). The Morgan fingerprint density at radius 1 is 1.03 bits per heavy atom. The van der Waals surface area contributed by atoms with Gasteiger partial charge in [-0.2, -0.15) is 8.42 Å². The van der Waals surface area contributed by atoms with Crippen LogP contribution in [0.4, 0.5) is 0 Å². The lowest BCUT2D eigenvalue weighted by Crippen LogP contribution is -2.58. The van der Waals surface area contributed by atoms with Crippen molar-refractivity contribution >= 4 is 16.0 Å². The van der Waals surface area contributed by atoms with Crippen LogP contribution in [0.15, 0.2) is 0 Å². The number of hydrogen-bond donors (Lipinski definition) is 4. The minimum atomic E-state index is -4.06. The third kappa shape index (κ3) is 4.94. The largest absolute Gasteiger partial charge is 0.393 e. The molecule has 2 unspecified atom stereocenters. The maximum Gasteiger partial charge on any atom is 0.266 e. The van der Waals surface area contributed by atoms with Crippen LogP contribution in [-0.2, 0) is 14.9 Å². The minimum absolute atomic E-state index is 0.0625. The third-order valence-electron chi connectivity index (χ3n) is 10.9. The zero-order valence-electron chi connectivity index (χ0n) is 21.1. The van der Waals surface area contributed by atoms with Gasteiger partial charge in [0.05, 0.1) is 18.0 Å². The molecule has 4 fully saturated rings. The van der Waals surface area contributed by atoms with Gasteiger partial charge in [0.1, 0.15) is 0 Å². The quantitative estimate of drug-likeness (QED) is 0.398. The van der Waals surface area contributed by atoms with Crippen LogP contribution in [0.5, 0.6) is 0 Å². The van der Waals surface area contributed by atoms with Crippen molar-refractivity contribution in [2.75, 3.05) is 12.3 Å². The van der Waals surface area contributed by atoms with Crippen molar-refractivity contribution in [1.82, 2.24) is 5.32 Å². The number of fused-ring (bicyclic) bond motifs is 5. The molecule has 0 heterocycles. The number of hydrogen-bond acceptors (Lipinski definition) is 5. The smallest absolute Gasteiger partial charge is 0.266 e. The highest BCUT2D eigenvalue weighted by molar-refractivity contribution is 7.85. The van der Waals surface area contributed by atoms with E-state index in [-0.39, 0.29) is 35.5 Å². The molecular formula is C26H45NO6S. The molecule has 0 aromatic heterocycles. The average molecular weight is 500 g/mol. The Morgan fingerprint density at radius 3 is 2.41 bits per heavy atom. The summed E-state index contributed by atoms with van der Waals surface area (Å²) in [6.45, 7) is 7.05. The first-order valence-electron chi connectivity index (χ1n) is 13.4. The Morgan fingerprint density at radius 2 is 1.71 bits per heavy atom. The zero-order valence-corrected chi connectivity index (χ0v) is 21.9. The summed E-state index contributed by atoms with van der Waals surface area (Å²) in [6, 6.07) is 0. The van der Waals surface area contributed by atoms with E-state index in [9.17, 15) is 23.4 Å². The van der Waals surface area contributed by atoms with Gasteiger partial charge in [-0.3, -0.25) is 9.35 Å². The highest BCUT2D eigenvalue weighted by Crippen LogP contribution is 2.68. The fourth-order valence-electron chi connectivity index (χ4n) is 9.14. The molecule has 4 N–H and O–H groups in total. The van der Waals surface area contributed by atoms with E-state index in [4.69, 9.17) is 4.55 Å². The number of amides is 1. The number of carbonyl (C=O) groups is 1. The van der Waals surface area contributed by atoms with Gasteiger partial charge in [0, 0.05) is 13.0 Å². The second-order valence-electron chi connectivity index (χ2n) is 12.6. The molecule has 34 heavy (non-hydrogen) atoms. The number of carbonyl (C=O) groups excluding carboxylic acids is 1. The molecule has 0 aliphatic heterocycles. The Kier molecular flexibility index (Phi) is 7.47. The van der Waals surface area contributed by atoms with Crippen LogP contribution in [0.1, 0.15) is 85.0 Å². The molecule has 0 bridgehead atoms. The van der Waals surface area contributed by atoms with Gasteiger partial charge in [0.25, 0.3) is 10.1 Å². The van der Waals surface area contributed by atoms with Crippen LogP contribution < -0.4 is 5.32 Å². The number of aliphatic hydroxyl groups is 2. The summed E-state index contributed by atoms with van der Waals surface area (Å²) in [5, 5.41) is 24.2. The first kappa shape index (κ1) is 26.4. The maximum absolute atomic E-state index is 12.2. The average Bonchev–Trinajstić information content (AvgIpc) is 3.09. The second kappa shape index (κ2) is 9.64. The predicted molar refractivity (Wildman–Crippen MR) is 130 cm³/mol. The molecule has 0 saturated heterocycles. The highest BCUT2D eigenvalue weighted by Gasteiger charge is 2.62. The molecule has 7 nitrogen and oxygen atoms in total. The monoisotopic (exact) mass is 499 g/mol. The zero-order chi connectivity index (χ0) is 24.9. The van der Waals surface area contributed by atoms with E-state index < -0.39 is 15.9 Å². The lowest BCUT2D eigenvalue weighted by atomic mass is 9.43. The third-order valence-corrected chi connectivity index (χ3v) is 11.6. The van der Waals surface area contributed by atoms with E-state index in [1.165, 1.54) is 6.42 Å². The summed E-state index contributed by atoms with van der Waals surface area (Å²) in [5.41, 5.74) is 0.411. The maximum atomic E-state index is 12.2. The Bertz CT molecular complexity index is 863. The Labute approximate surface area is 205 Å². The van der Waals surface area contributed by atoms with Crippen molar-refractivity contribution in [2.45, 2.75) is 97.2 Å². The van der Waals surface area contributed by atoms with Crippen LogP contribution in [0.25, 0.3) is 0 Å². The second-order valence-corrected chi connectivity index (χ2v) is 14.2. The lowest BCUT2D eigenvalue weighted by Gasteiger charge is -2.62. The van der Waals surface area contributed by atoms with Crippen molar-refractivity contribution in [3.8, 4) is 0 Å². The predicted octanol–water partition coefficient (Wildman–Crippen LogP) is 3.40. The molecule has 4 aliphatic rings. The van der Waals surface area contributed by atoms with Gasteiger partial charge < -0.3 is 15.5 Å². The minimum Gasteiger partial charge on any atom is -0.393 e. The van der Waals surface area contributed by atoms with E-state index in [1.54, 1.807) is 0 Å². The van der Waals surface area contributed by atoms with E-state index in [1.807, 2.05) is 0 Å². The van der Waals surface area contributed by atoms with Crippen LogP contribution >= 0.6 is 0 Å². The van der Waals surface area contributed by atoms with E-state index in [0.717, 1.165) is 51.4 Å². The molecule has 10 atom stereocenters. The van der Waals surface area contributed by atoms with E-state index >= 15 is 0 Å². The van der Waals surface area contributed by atoms with Gasteiger partial charge >= 0.3 is 0 Å². The number of nitrogens with one attached hydrogen (secondary N) is 1. The van der Waals surface area contributed by atoms with Crippen LogP contribution in [0.2, 0.25) is 0 Å². The fourth-order valence-corrected chi connectivity index (χ4v) is 9.50. The van der Waals surface area contributed by atoms with Gasteiger partial charge in [0.15, 0.2) is 0 Å². The standard InChI is InChI=1S/C26H45NO6S/c1-16(4-7-23(30)27-12-13-34(31,32)33)19-5-6-20-24-21(9-11-26(19,20)3)25(2)10-8-18(28)14-17(25)15-22(24)29/h16-22,24,28-29H,4-15H2,1-3H3,(H,27,30)(H,31,32,33)/t16-,17+,18-,19-,20?,21?,22+,24+,25+,26-/m1/s1. The number of rotatable bonds is 7. The summed E-state index contributed by atoms with van der Waals surface area (Å²) >= 11 is 0. The molecule has 0 radical (unpaired) electrons. The Balaban J connectivity index is 1.39. The molecule has 0 spiro atoms. The molecule has 0 aromatic carbocycles. The molecule has 4 saturated carbocycles. The van der Waals surface area contributed by atoms with Gasteiger partial charge in [-0.05, 0) is 104 Å². The summed E-state index contributed by atoms with van der Waals surface area (Å²) in [4.78, 5) is 12.2. The van der Waals surface area contributed by atoms with Crippen molar-refractivity contribution in [2.24, 2.45) is 46.3 Å². The highest BCUT2D eigenvalue weighted by atomic mass is 32.2. The molecule has 0 aromatic rings. The molecule has 4 aliphatic carbocycles. The first-order chi connectivity index (χ1) is 15.8. The molecule has 196 valence electrons. The fraction of sp³-hybridized carbons (Fsp3) is 0.962. The summed E-state index contributed by atoms with van der Waals surface area (Å²) in [5.74, 6) is 2.10. The SMILES string of the molecule is C[C@H](CCC(=O)NCCS(=O)(=O)O)[C@H]1CCC2[C@H]3C(CC[C@@]21C)[C@@]1(C)CC[C@@H](O)C[C@H]1C[C@@H]3O. The summed E-state index contributed by atoms with van der Waals surface area (Å²) in [7, 11) is -4.06. The summed E-state index contributed by atoms with van der Waals surface area (Å²) in [6.07, 6.45) is 8.87. The van der Waals surface area contributed by atoms with Crippen molar-refractivity contribution in [3.63, 3.8) is 0 Å². The van der Waals surface area contributed by atoms with Gasteiger partial charge in [-0.25, -0.2) is 0 Å². The molecule has 8 heteroatoms. The van der Waals surface area contributed by atoms with E-state index in [2.05, 4.69) is 26.1 Å². The van der Waals surface area contributed by atoms with Gasteiger partial charge in [-0.1, -0.05) is 20.8 Å². The topological polar surface area (TPSA) is 124 Å². The van der Waals surface area contributed by atoms with E-state index in [0.29, 0.717) is 41.9 Å². The van der Waals surface area contributed by atoms with Crippen LogP contribution in [0, 0.1) is 46.3 Å². The lowest BCUT2D eigenvalue weighted by molar-refractivity contribution is -0.174. The summed E-state index contributed by atoms with van der Waals surface area (Å²) < 4.78 is 30.5. The van der Waals surface area contributed by atoms with Crippen LogP contribution in [0.3, 0.4) is 0 Å². The number of aliphatic hydroxyl groups excluding tert-OH is 2. The van der Waals surface area contributed by atoms with Gasteiger partial charge in [-0.15, -0.1) is 0 Å². The van der Waals surface area contributed by atoms with Crippen molar-refractivity contribution in [3.05, 3.63) is 0 Å². The van der Waals surface area contributed by atoms with Crippen molar-refractivity contribution < 1.29 is 28.0 Å². The van der Waals surface area contributed by atoms with Crippen LogP contribution in [-0.4, -0.2) is 53.6 Å². The van der Waals surface area contributed by atoms with Gasteiger partial charge in [0.2, 0.25) is 5.91 Å². The van der Waals surface area contributed by atoms with Crippen molar-refractivity contribution in [1.29, 1.82) is 0 Å². The molecule has 1 amide bonds. The first-order valence-corrected chi connectivity index (χ1v) is 15.0. The normalized spacial score (nSPS) is 45.1.